The van der Waals surface area contributed by atoms with Gasteiger partial charge in [0.2, 0.25) is 0 Å². The summed E-state index contributed by atoms with van der Waals surface area (Å²) in [4.78, 5) is 34.5. The molecule has 10 heteroatoms. The molecule has 1 unspecified atom stereocenters. The summed E-state index contributed by atoms with van der Waals surface area (Å²) in [5.74, 6) is 0.868. The second kappa shape index (κ2) is 8.48. The fourth-order valence-electron chi connectivity index (χ4n) is 3.92. The minimum absolute atomic E-state index is 0.116. The molecular weight excluding hydrogens is 417 g/mol. The van der Waals surface area contributed by atoms with Gasteiger partial charge in [-0.2, -0.15) is 4.57 Å². The number of halogens is 1. The Morgan fingerprint density at radius 1 is 1.32 bits per heavy atom. The molecule has 1 fully saturated rings. The third kappa shape index (κ3) is 4.44. The van der Waals surface area contributed by atoms with Crippen molar-refractivity contribution >= 4 is 11.3 Å². The molecule has 1 atom stereocenters. The maximum Gasteiger partial charge on any atom is 0.389 e. The van der Waals surface area contributed by atoms with Crippen molar-refractivity contribution in [3.8, 4) is 16.5 Å². The first-order valence-electron chi connectivity index (χ1n) is 10.1. The maximum absolute atomic E-state index is 13.0. The van der Waals surface area contributed by atoms with Crippen LogP contribution in [0.15, 0.2) is 53.3 Å². The zero-order chi connectivity index (χ0) is 21.2. The fourth-order valence-corrected chi connectivity index (χ4v) is 4.61. The molecule has 0 radical (unpaired) electrons. The van der Waals surface area contributed by atoms with Crippen LogP contribution in [0.3, 0.4) is 0 Å². The number of thiophene rings is 1. The third-order valence-electron chi connectivity index (χ3n) is 5.34. The highest BCUT2D eigenvalue weighted by Gasteiger charge is 2.25. The number of nitrogens with zero attached hydrogens (tertiary/aromatic N) is 5. The molecule has 2 N–H and O–H groups in total. The minimum atomic E-state index is -0.464. The van der Waals surface area contributed by atoms with E-state index in [1.807, 2.05) is 23.7 Å². The average Bonchev–Trinajstić information content (AvgIpc) is 3.47. The van der Waals surface area contributed by atoms with Gasteiger partial charge in [0.05, 0.1) is 23.3 Å². The molecule has 158 valence electrons. The molecule has 1 saturated heterocycles. The number of piperidine rings is 1. The predicted molar refractivity (Wildman–Crippen MR) is 113 cm³/mol. The van der Waals surface area contributed by atoms with Gasteiger partial charge in [0.15, 0.2) is 12.1 Å². The first-order chi connectivity index (χ1) is 15.1. The number of aromatic nitrogens is 6. The van der Waals surface area contributed by atoms with Crippen LogP contribution < -0.4 is 10.1 Å². The number of hydrogen-bond donors (Lipinski definition) is 2. The molecule has 0 aliphatic carbocycles. The highest BCUT2D eigenvalue weighted by Crippen LogP contribution is 2.27. The summed E-state index contributed by atoms with van der Waals surface area (Å²) in [6.07, 6.45) is 7.98. The molecule has 0 saturated carbocycles. The van der Waals surface area contributed by atoms with Gasteiger partial charge >= 0.3 is 5.95 Å². The van der Waals surface area contributed by atoms with E-state index < -0.39 is 5.82 Å². The molecule has 0 bridgehead atoms. The Morgan fingerprint density at radius 3 is 3.00 bits per heavy atom. The van der Waals surface area contributed by atoms with E-state index in [1.54, 1.807) is 28.3 Å². The van der Waals surface area contributed by atoms with Gasteiger partial charge in [0, 0.05) is 18.5 Å². The molecule has 4 aromatic heterocycles. The maximum atomic E-state index is 13.0. The Kier molecular flexibility index (Phi) is 5.39. The van der Waals surface area contributed by atoms with E-state index >= 15 is 0 Å². The van der Waals surface area contributed by atoms with Crippen molar-refractivity contribution < 1.29 is 8.96 Å². The van der Waals surface area contributed by atoms with Crippen molar-refractivity contribution in [2.75, 3.05) is 13.1 Å². The number of imidazole rings is 1. The van der Waals surface area contributed by atoms with Crippen molar-refractivity contribution in [2.45, 2.75) is 25.3 Å². The first kappa shape index (κ1) is 19.7. The predicted octanol–water partition coefficient (Wildman–Crippen LogP) is 2.41. The molecule has 4 aromatic rings. The molecule has 8 nitrogen and oxygen atoms in total. The topological polar surface area (TPSA) is 94.4 Å². The van der Waals surface area contributed by atoms with Crippen molar-refractivity contribution in [3.05, 3.63) is 76.2 Å². The van der Waals surface area contributed by atoms with E-state index in [0.29, 0.717) is 5.95 Å². The highest BCUT2D eigenvalue weighted by molar-refractivity contribution is 7.13. The number of rotatable bonds is 5. The number of likely N-dealkylation sites (tertiary alicyclic amines) is 1. The van der Waals surface area contributed by atoms with Crippen molar-refractivity contribution in [1.82, 2.24) is 29.8 Å². The van der Waals surface area contributed by atoms with Crippen LogP contribution in [0.1, 0.15) is 30.3 Å². The van der Waals surface area contributed by atoms with Crippen molar-refractivity contribution in [3.63, 3.8) is 0 Å². The highest BCUT2D eigenvalue weighted by atomic mass is 32.1. The summed E-state index contributed by atoms with van der Waals surface area (Å²) in [7, 11) is 0. The number of hydrogen-bond acceptors (Lipinski definition) is 6. The Hall–Kier alpha value is -3.24. The summed E-state index contributed by atoms with van der Waals surface area (Å²) in [5.41, 5.74) is 1.62. The lowest BCUT2D eigenvalue weighted by molar-refractivity contribution is -0.602. The number of aromatic amines is 2. The lowest BCUT2D eigenvalue weighted by atomic mass is 9.97. The van der Waals surface area contributed by atoms with Gasteiger partial charge in [0.25, 0.3) is 5.56 Å². The molecule has 0 amide bonds. The van der Waals surface area contributed by atoms with Gasteiger partial charge < -0.3 is 4.98 Å². The summed E-state index contributed by atoms with van der Waals surface area (Å²) < 4.78 is 14.8. The van der Waals surface area contributed by atoms with Crippen molar-refractivity contribution in [1.29, 1.82) is 0 Å². The monoisotopic (exact) mass is 438 g/mol. The van der Waals surface area contributed by atoms with Crippen molar-refractivity contribution in [2.24, 2.45) is 0 Å². The van der Waals surface area contributed by atoms with Gasteiger partial charge in [0.1, 0.15) is 23.9 Å². The Labute approximate surface area is 181 Å². The summed E-state index contributed by atoms with van der Waals surface area (Å²) in [6.45, 7) is 2.50. The van der Waals surface area contributed by atoms with E-state index in [2.05, 4.69) is 24.8 Å². The molecule has 0 aromatic carbocycles. The van der Waals surface area contributed by atoms with Crippen LogP contribution in [0.2, 0.25) is 0 Å². The quantitative estimate of drug-likeness (QED) is 0.467. The van der Waals surface area contributed by atoms with Gasteiger partial charge in [-0.3, -0.25) is 14.7 Å². The van der Waals surface area contributed by atoms with Crippen LogP contribution in [0.25, 0.3) is 16.5 Å². The average molecular weight is 439 g/mol. The van der Waals surface area contributed by atoms with Gasteiger partial charge in [-0.25, -0.2) is 9.37 Å². The van der Waals surface area contributed by atoms with E-state index in [4.69, 9.17) is 4.98 Å². The normalized spacial score (nSPS) is 17.1. The minimum Gasteiger partial charge on any atom is -0.310 e. The fraction of sp³-hybridized carbons (Fsp3) is 0.286. The molecule has 1 aliphatic heterocycles. The van der Waals surface area contributed by atoms with Crippen LogP contribution in [0, 0.1) is 5.82 Å². The lowest BCUT2D eigenvalue weighted by Crippen LogP contribution is -2.35. The van der Waals surface area contributed by atoms with Crippen LogP contribution in [-0.4, -0.2) is 42.9 Å². The first-order valence-corrected chi connectivity index (χ1v) is 11.0. The zero-order valence-corrected chi connectivity index (χ0v) is 17.5. The number of H-pyrrole nitrogens is 2. The second-order valence-corrected chi connectivity index (χ2v) is 8.55. The SMILES string of the molecule is O=c1cc(-c2cccs2)nc(C2CCCN(Cc3c[n+](-c4ncc(F)cn4)c[nH]3)C2)[nH]1. The van der Waals surface area contributed by atoms with Crippen LogP contribution in [-0.2, 0) is 6.54 Å². The van der Waals surface area contributed by atoms with Gasteiger partial charge in [-0.05, 0) is 30.8 Å². The van der Waals surface area contributed by atoms with Crippen LogP contribution in [0.4, 0.5) is 4.39 Å². The Morgan fingerprint density at radius 2 is 2.19 bits per heavy atom. The van der Waals surface area contributed by atoms with E-state index in [9.17, 15) is 9.18 Å². The second-order valence-electron chi connectivity index (χ2n) is 7.60. The van der Waals surface area contributed by atoms with Gasteiger partial charge in [-0.15, -0.1) is 21.3 Å². The standard InChI is InChI=1S/C21H20FN7OS/c22-15-8-23-21(24-9-15)29-12-16(25-13-29)11-28-5-1-3-14(10-28)20-26-17(7-19(30)27-20)18-4-2-6-31-18/h2,4,6-9,12-14H,1,3,5,10-11H2,(H,26,27,30)/p+1. The third-order valence-corrected chi connectivity index (χ3v) is 6.23. The molecular formula is C21H21FN7OS+. The van der Waals surface area contributed by atoms with Crippen LogP contribution in [0.5, 0.6) is 0 Å². The summed E-state index contributed by atoms with van der Waals surface area (Å²) in [5, 5.41) is 1.99. The van der Waals surface area contributed by atoms with Gasteiger partial charge in [-0.1, -0.05) is 6.07 Å². The number of nitrogens with one attached hydrogen (secondary N) is 2. The van der Waals surface area contributed by atoms with E-state index in [1.165, 1.54) is 0 Å². The Bertz CT molecular complexity index is 1220. The Balaban J connectivity index is 1.30. The van der Waals surface area contributed by atoms with E-state index in [0.717, 1.165) is 67.0 Å². The summed E-state index contributed by atoms with van der Waals surface area (Å²) >= 11 is 1.58. The molecule has 5 heterocycles. The van der Waals surface area contributed by atoms with Crippen LogP contribution >= 0.6 is 11.3 Å². The smallest absolute Gasteiger partial charge is 0.310 e. The lowest BCUT2D eigenvalue weighted by Gasteiger charge is -2.31. The molecule has 31 heavy (non-hydrogen) atoms. The molecule has 0 spiro atoms. The zero-order valence-electron chi connectivity index (χ0n) is 16.7. The molecule has 5 rings (SSSR count). The molecule has 1 aliphatic rings. The summed E-state index contributed by atoms with van der Waals surface area (Å²) in [6, 6.07) is 5.50. The largest absolute Gasteiger partial charge is 0.389 e. The van der Waals surface area contributed by atoms with E-state index in [-0.39, 0.29) is 11.5 Å².